The number of aliphatic hydroxyl groups is 1. The van der Waals surface area contributed by atoms with Gasteiger partial charge < -0.3 is 26.2 Å². The van der Waals surface area contributed by atoms with Gasteiger partial charge in [0.1, 0.15) is 12.1 Å². The number of esters is 1. The van der Waals surface area contributed by atoms with Crippen molar-refractivity contribution in [2.75, 3.05) is 7.11 Å². The van der Waals surface area contributed by atoms with Crippen molar-refractivity contribution in [1.82, 2.24) is 10.6 Å². The Hall–Kier alpha value is -2.45. The molecule has 1 aromatic carbocycles. The van der Waals surface area contributed by atoms with Crippen molar-refractivity contribution < 1.29 is 24.2 Å². The number of nitrogens with two attached hydrogens (primary N) is 1. The van der Waals surface area contributed by atoms with Crippen LogP contribution in [0.15, 0.2) is 24.3 Å². The van der Waals surface area contributed by atoms with Gasteiger partial charge in [-0.15, -0.1) is 0 Å². The van der Waals surface area contributed by atoms with Crippen LogP contribution in [0, 0.1) is 5.92 Å². The first-order valence-electron chi connectivity index (χ1n) is 10.2. The summed E-state index contributed by atoms with van der Waals surface area (Å²) in [7, 11) is 1.25. The van der Waals surface area contributed by atoms with Crippen molar-refractivity contribution in [3.05, 3.63) is 35.4 Å². The fourth-order valence-corrected chi connectivity index (χ4v) is 2.94. The highest BCUT2D eigenvalue weighted by molar-refractivity contribution is 5.91. The van der Waals surface area contributed by atoms with Crippen molar-refractivity contribution in [3.8, 4) is 0 Å². The molecule has 30 heavy (non-hydrogen) atoms. The molecule has 0 saturated carbocycles. The minimum absolute atomic E-state index is 0.154. The number of ether oxygens (including phenoxy) is 1. The molecule has 8 nitrogen and oxygen atoms in total. The fraction of sp³-hybridized carbons (Fsp3) is 0.591. The van der Waals surface area contributed by atoms with Crippen molar-refractivity contribution in [1.29, 1.82) is 0 Å². The Balaban J connectivity index is 2.72. The summed E-state index contributed by atoms with van der Waals surface area (Å²) < 4.78 is 4.72. The van der Waals surface area contributed by atoms with Gasteiger partial charge in [0.25, 0.3) is 5.91 Å². The average Bonchev–Trinajstić information content (AvgIpc) is 2.70. The summed E-state index contributed by atoms with van der Waals surface area (Å²) in [4.78, 5) is 36.7. The smallest absolute Gasteiger partial charge is 0.328 e. The van der Waals surface area contributed by atoms with Gasteiger partial charge in [-0.05, 0) is 36.3 Å². The molecule has 5 N–H and O–H groups in total. The van der Waals surface area contributed by atoms with E-state index in [-0.39, 0.29) is 5.92 Å². The molecule has 2 amide bonds. The lowest BCUT2D eigenvalue weighted by atomic mass is 9.97. The quantitative estimate of drug-likeness (QED) is 0.422. The lowest BCUT2D eigenvalue weighted by molar-refractivity contribution is -0.145. The minimum atomic E-state index is -1.53. The molecule has 0 bridgehead atoms. The van der Waals surface area contributed by atoms with Gasteiger partial charge in [-0.1, -0.05) is 52.0 Å². The second-order valence-electron chi connectivity index (χ2n) is 8.24. The highest BCUT2D eigenvalue weighted by Crippen LogP contribution is 2.19. The van der Waals surface area contributed by atoms with Crippen molar-refractivity contribution >= 4 is 17.8 Å². The molecule has 0 radical (unpaired) electrons. The predicted octanol–water partition coefficient (Wildman–Crippen LogP) is 1.38. The van der Waals surface area contributed by atoms with Crippen molar-refractivity contribution in [2.24, 2.45) is 11.7 Å². The number of methoxy groups -OCH3 is 1. The summed E-state index contributed by atoms with van der Waals surface area (Å²) in [5.41, 5.74) is 7.77. The number of benzene rings is 1. The number of aliphatic hydroxyl groups excluding tert-OH is 1. The third kappa shape index (κ3) is 7.42. The highest BCUT2D eigenvalue weighted by Gasteiger charge is 2.29. The maximum absolute atomic E-state index is 12.4. The lowest BCUT2D eigenvalue weighted by Gasteiger charge is -2.23. The van der Waals surface area contributed by atoms with Gasteiger partial charge in [-0.2, -0.15) is 0 Å². The van der Waals surface area contributed by atoms with Gasteiger partial charge >= 0.3 is 5.97 Å². The van der Waals surface area contributed by atoms with Gasteiger partial charge in [-0.3, -0.25) is 9.59 Å². The predicted molar refractivity (Wildman–Crippen MR) is 114 cm³/mol. The molecule has 0 aliphatic rings. The molecule has 0 aromatic heterocycles. The molecule has 1 rings (SSSR count). The largest absolute Gasteiger partial charge is 0.467 e. The number of nitrogens with one attached hydrogen (secondary N) is 2. The van der Waals surface area contributed by atoms with E-state index >= 15 is 0 Å². The third-order valence-corrected chi connectivity index (χ3v) is 4.86. The molecule has 0 spiro atoms. The van der Waals surface area contributed by atoms with Crippen LogP contribution in [0.25, 0.3) is 0 Å². The van der Waals surface area contributed by atoms with Crippen LogP contribution in [-0.4, -0.2) is 48.2 Å². The Labute approximate surface area is 178 Å². The van der Waals surface area contributed by atoms with Crippen LogP contribution in [0.5, 0.6) is 0 Å². The van der Waals surface area contributed by atoms with Crippen LogP contribution in [-0.2, 0) is 19.1 Å². The number of rotatable bonds is 10. The van der Waals surface area contributed by atoms with Crippen molar-refractivity contribution in [2.45, 2.75) is 71.2 Å². The Morgan fingerprint density at radius 2 is 1.50 bits per heavy atom. The van der Waals surface area contributed by atoms with E-state index in [1.54, 1.807) is 12.1 Å². The van der Waals surface area contributed by atoms with E-state index in [0.717, 1.165) is 5.56 Å². The minimum Gasteiger partial charge on any atom is -0.467 e. The molecule has 0 heterocycles. The van der Waals surface area contributed by atoms with E-state index in [4.69, 9.17) is 10.5 Å². The van der Waals surface area contributed by atoms with Gasteiger partial charge in [-0.25, -0.2) is 4.79 Å². The molecule has 0 aliphatic heterocycles. The molecule has 4 atom stereocenters. The molecule has 0 aliphatic carbocycles. The molecule has 0 saturated heterocycles. The molecule has 0 fully saturated rings. The van der Waals surface area contributed by atoms with Gasteiger partial charge in [0.05, 0.1) is 13.2 Å². The summed E-state index contributed by atoms with van der Waals surface area (Å²) in [6.07, 6.45) is -1.13. The Kier molecular flexibility index (Phi) is 9.95. The Morgan fingerprint density at radius 3 is 1.97 bits per heavy atom. The van der Waals surface area contributed by atoms with Crippen LogP contribution in [0.1, 0.15) is 64.1 Å². The van der Waals surface area contributed by atoms with Crippen LogP contribution in [0.4, 0.5) is 0 Å². The van der Waals surface area contributed by atoms with Crippen molar-refractivity contribution in [3.63, 3.8) is 0 Å². The summed E-state index contributed by atoms with van der Waals surface area (Å²) in [5.74, 6) is -1.37. The summed E-state index contributed by atoms with van der Waals surface area (Å²) >= 11 is 0. The zero-order valence-corrected chi connectivity index (χ0v) is 18.6. The normalized spacial score (nSPS) is 15.3. The van der Waals surface area contributed by atoms with Crippen LogP contribution < -0.4 is 16.4 Å². The maximum atomic E-state index is 12.4. The van der Waals surface area contributed by atoms with Gasteiger partial charge in [0.2, 0.25) is 5.91 Å². The third-order valence-electron chi connectivity index (χ3n) is 4.86. The topological polar surface area (TPSA) is 131 Å². The number of hydrogen-bond acceptors (Lipinski definition) is 6. The Bertz CT molecular complexity index is 718. The number of amides is 2. The van der Waals surface area contributed by atoms with E-state index in [1.165, 1.54) is 14.0 Å². The molecule has 8 heteroatoms. The first-order chi connectivity index (χ1) is 14.0. The van der Waals surface area contributed by atoms with Gasteiger partial charge in [0, 0.05) is 0 Å². The Morgan fingerprint density at radius 1 is 0.967 bits per heavy atom. The lowest BCUT2D eigenvalue weighted by Crippen LogP contribution is -2.53. The molecule has 168 valence electrons. The van der Waals surface area contributed by atoms with Crippen LogP contribution in [0.3, 0.4) is 0 Å². The van der Waals surface area contributed by atoms with E-state index in [9.17, 15) is 19.5 Å². The van der Waals surface area contributed by atoms with Crippen LogP contribution in [0.2, 0.25) is 0 Å². The first-order valence-corrected chi connectivity index (χ1v) is 10.2. The van der Waals surface area contributed by atoms with Crippen LogP contribution >= 0.6 is 0 Å². The summed E-state index contributed by atoms with van der Waals surface area (Å²) in [5, 5.41) is 15.4. The van der Waals surface area contributed by atoms with E-state index < -0.39 is 42.0 Å². The summed E-state index contributed by atoms with van der Waals surface area (Å²) in [6, 6.07) is 4.64. The SMILES string of the molecule is COC(=O)[C@@H](CC(C)C)NC(=O)[C@H](C)NC(=O)[C@@H](O)[C@H](N)c1ccc(C(C)C)cc1. The number of hydrogen-bond donors (Lipinski definition) is 4. The molecular weight excluding hydrogens is 386 g/mol. The molecular formula is C22H35N3O5. The zero-order valence-electron chi connectivity index (χ0n) is 18.6. The number of carbonyl (C=O) groups excluding carboxylic acids is 3. The fourth-order valence-electron chi connectivity index (χ4n) is 2.94. The second-order valence-corrected chi connectivity index (χ2v) is 8.24. The molecule has 1 aromatic rings. The van der Waals surface area contributed by atoms with E-state index in [1.807, 2.05) is 26.0 Å². The second kappa shape index (κ2) is 11.7. The van der Waals surface area contributed by atoms with E-state index in [2.05, 4.69) is 24.5 Å². The zero-order chi connectivity index (χ0) is 23.0. The monoisotopic (exact) mass is 421 g/mol. The summed E-state index contributed by atoms with van der Waals surface area (Å²) in [6.45, 7) is 9.43. The maximum Gasteiger partial charge on any atom is 0.328 e. The van der Waals surface area contributed by atoms with E-state index in [0.29, 0.717) is 17.9 Å². The average molecular weight is 422 g/mol. The number of carbonyl (C=O) groups is 3. The highest BCUT2D eigenvalue weighted by atomic mass is 16.5. The first kappa shape index (κ1) is 25.6. The standard InChI is InChI=1S/C22H35N3O5/c1-12(2)11-17(22(29)30-6)25-20(27)14(5)24-21(28)19(26)18(23)16-9-7-15(8-10-16)13(3)4/h7-10,12-14,17-19,26H,11,23H2,1-6H3,(H,24,28)(H,25,27)/t14-,17+,18+,19-/m0/s1. The van der Waals surface area contributed by atoms with Gasteiger partial charge in [0.15, 0.2) is 6.10 Å². The molecule has 0 unspecified atom stereocenters.